The van der Waals surface area contributed by atoms with E-state index < -0.39 is 12.0 Å². The van der Waals surface area contributed by atoms with Crippen LogP contribution in [-0.2, 0) is 11.2 Å². The van der Waals surface area contributed by atoms with Gasteiger partial charge in [0.25, 0.3) is 0 Å². The Labute approximate surface area is 101 Å². The van der Waals surface area contributed by atoms with E-state index in [9.17, 15) is 4.79 Å². The highest BCUT2D eigenvalue weighted by Crippen LogP contribution is 2.13. The number of hydrogen-bond acceptors (Lipinski definition) is 4. The van der Waals surface area contributed by atoms with Gasteiger partial charge >= 0.3 is 5.97 Å². The Kier molecular flexibility index (Phi) is 5.45. The van der Waals surface area contributed by atoms with Crippen LogP contribution in [0.15, 0.2) is 24.3 Å². The largest absolute Gasteiger partial charge is 0.492 e. The number of carboxylic acids is 1. The predicted octanol–water partition coefficient (Wildman–Crippen LogP) is 0.239. The lowest BCUT2D eigenvalue weighted by Gasteiger charge is -2.11. The van der Waals surface area contributed by atoms with E-state index in [4.69, 9.17) is 15.6 Å². The third-order valence-electron chi connectivity index (χ3n) is 2.40. The molecule has 0 unspecified atom stereocenters. The molecule has 5 nitrogen and oxygen atoms in total. The predicted molar refractivity (Wildman–Crippen MR) is 65.2 cm³/mol. The van der Waals surface area contributed by atoms with Gasteiger partial charge in [0, 0.05) is 6.54 Å². The molecule has 1 aromatic rings. The highest BCUT2D eigenvalue weighted by atomic mass is 16.5. The number of ether oxygens (including phenoxy) is 1. The molecule has 17 heavy (non-hydrogen) atoms. The molecule has 0 aliphatic rings. The van der Waals surface area contributed by atoms with Crippen molar-refractivity contribution in [1.29, 1.82) is 0 Å². The minimum absolute atomic E-state index is 0.447. The summed E-state index contributed by atoms with van der Waals surface area (Å²) in [4.78, 5) is 10.8. The summed E-state index contributed by atoms with van der Waals surface area (Å²) < 4.78 is 5.33. The number of benzene rings is 1. The normalized spacial score (nSPS) is 12.1. The van der Waals surface area contributed by atoms with Gasteiger partial charge < -0.3 is 20.9 Å². The second kappa shape index (κ2) is 6.88. The van der Waals surface area contributed by atoms with Crippen molar-refractivity contribution in [2.24, 2.45) is 5.73 Å². The Hall–Kier alpha value is -1.59. The van der Waals surface area contributed by atoms with Gasteiger partial charge in [-0.05, 0) is 31.2 Å². The molecular weight excluding hydrogens is 220 g/mol. The Morgan fingerprint density at radius 1 is 1.47 bits per heavy atom. The quantitative estimate of drug-likeness (QED) is 0.633. The monoisotopic (exact) mass is 238 g/mol. The van der Waals surface area contributed by atoms with Gasteiger partial charge in [0.15, 0.2) is 0 Å². The maximum absolute atomic E-state index is 10.8. The Balaban J connectivity index is 2.58. The molecule has 0 amide bonds. The third kappa shape index (κ3) is 4.42. The van der Waals surface area contributed by atoms with Gasteiger partial charge in [0.1, 0.15) is 18.4 Å². The van der Waals surface area contributed by atoms with E-state index in [1.807, 2.05) is 24.3 Å². The number of nitrogens with two attached hydrogens (primary N) is 1. The van der Waals surface area contributed by atoms with Crippen molar-refractivity contribution in [3.05, 3.63) is 29.8 Å². The number of rotatable bonds is 7. The SMILES string of the molecule is CN[C@@H](Cc1ccc(OCCN)cc1)C(=O)O. The van der Waals surface area contributed by atoms with Crippen molar-refractivity contribution in [2.45, 2.75) is 12.5 Å². The molecule has 0 saturated carbocycles. The van der Waals surface area contributed by atoms with Crippen LogP contribution in [0, 0.1) is 0 Å². The standard InChI is InChI=1S/C12H18N2O3/c1-14-11(12(15)16)8-9-2-4-10(5-3-9)17-7-6-13/h2-5,11,14H,6-8,13H2,1H3,(H,15,16)/t11-/m0/s1. The molecule has 0 aliphatic heterocycles. The van der Waals surface area contributed by atoms with Crippen LogP contribution in [0.3, 0.4) is 0 Å². The van der Waals surface area contributed by atoms with E-state index in [0.717, 1.165) is 11.3 Å². The fourth-order valence-corrected chi connectivity index (χ4v) is 1.45. The molecule has 5 heteroatoms. The van der Waals surface area contributed by atoms with Gasteiger partial charge in [-0.3, -0.25) is 4.79 Å². The average Bonchev–Trinajstić information content (AvgIpc) is 2.34. The van der Waals surface area contributed by atoms with E-state index in [0.29, 0.717) is 19.6 Å². The van der Waals surface area contributed by atoms with Crippen LogP contribution < -0.4 is 15.8 Å². The summed E-state index contributed by atoms with van der Waals surface area (Å²) in [5.74, 6) is -0.105. The molecule has 0 aromatic heterocycles. The molecule has 1 aromatic carbocycles. The van der Waals surface area contributed by atoms with Gasteiger partial charge in [0.05, 0.1) is 0 Å². The maximum atomic E-state index is 10.8. The lowest BCUT2D eigenvalue weighted by Crippen LogP contribution is -2.35. The van der Waals surface area contributed by atoms with Gasteiger partial charge in [0.2, 0.25) is 0 Å². The molecule has 0 radical (unpaired) electrons. The Morgan fingerprint density at radius 2 is 2.12 bits per heavy atom. The fourth-order valence-electron chi connectivity index (χ4n) is 1.45. The van der Waals surface area contributed by atoms with Crippen LogP contribution in [0.4, 0.5) is 0 Å². The summed E-state index contributed by atoms with van der Waals surface area (Å²) in [6.07, 6.45) is 0.447. The van der Waals surface area contributed by atoms with Crippen molar-refractivity contribution < 1.29 is 14.6 Å². The number of carboxylic acid groups (broad SMARTS) is 1. The van der Waals surface area contributed by atoms with Crippen molar-refractivity contribution in [1.82, 2.24) is 5.32 Å². The van der Waals surface area contributed by atoms with Gasteiger partial charge in [-0.2, -0.15) is 0 Å². The molecule has 0 heterocycles. The van der Waals surface area contributed by atoms with Gasteiger partial charge in [-0.1, -0.05) is 12.1 Å². The smallest absolute Gasteiger partial charge is 0.321 e. The van der Waals surface area contributed by atoms with Crippen molar-refractivity contribution in [2.75, 3.05) is 20.2 Å². The second-order valence-corrected chi connectivity index (χ2v) is 3.66. The molecule has 4 N–H and O–H groups in total. The number of carbonyl (C=O) groups is 1. The fraction of sp³-hybridized carbons (Fsp3) is 0.417. The number of hydrogen-bond donors (Lipinski definition) is 3. The van der Waals surface area contributed by atoms with Crippen molar-refractivity contribution in [3.8, 4) is 5.75 Å². The van der Waals surface area contributed by atoms with Crippen LogP contribution in [0.1, 0.15) is 5.56 Å². The molecule has 0 saturated heterocycles. The van der Waals surface area contributed by atoms with Crippen LogP contribution in [0.2, 0.25) is 0 Å². The molecule has 0 bridgehead atoms. The summed E-state index contributed by atoms with van der Waals surface area (Å²) in [6.45, 7) is 0.955. The third-order valence-corrected chi connectivity index (χ3v) is 2.40. The highest BCUT2D eigenvalue weighted by molar-refractivity contribution is 5.73. The summed E-state index contributed by atoms with van der Waals surface area (Å²) in [5, 5.41) is 11.7. The minimum Gasteiger partial charge on any atom is -0.492 e. The molecule has 0 fully saturated rings. The first kappa shape index (κ1) is 13.5. The average molecular weight is 238 g/mol. The first-order valence-corrected chi connectivity index (χ1v) is 5.49. The highest BCUT2D eigenvalue weighted by Gasteiger charge is 2.14. The Morgan fingerprint density at radius 3 is 2.59 bits per heavy atom. The summed E-state index contributed by atoms with van der Waals surface area (Å²) >= 11 is 0. The first-order chi connectivity index (χ1) is 8.17. The summed E-state index contributed by atoms with van der Waals surface area (Å²) in [5.41, 5.74) is 6.28. The van der Waals surface area contributed by atoms with Crippen LogP contribution in [0.5, 0.6) is 5.75 Å². The molecule has 0 spiro atoms. The van der Waals surface area contributed by atoms with E-state index in [1.165, 1.54) is 0 Å². The topological polar surface area (TPSA) is 84.6 Å². The van der Waals surface area contributed by atoms with Crippen molar-refractivity contribution in [3.63, 3.8) is 0 Å². The molecule has 1 rings (SSSR count). The zero-order valence-electron chi connectivity index (χ0n) is 9.85. The van der Waals surface area contributed by atoms with Gasteiger partial charge in [-0.25, -0.2) is 0 Å². The summed E-state index contributed by atoms with van der Waals surface area (Å²) in [7, 11) is 1.64. The molecule has 94 valence electrons. The number of aliphatic carboxylic acids is 1. The number of likely N-dealkylation sites (N-methyl/N-ethyl adjacent to an activating group) is 1. The van der Waals surface area contributed by atoms with E-state index >= 15 is 0 Å². The number of nitrogens with one attached hydrogen (secondary N) is 1. The lowest BCUT2D eigenvalue weighted by molar-refractivity contribution is -0.139. The second-order valence-electron chi connectivity index (χ2n) is 3.66. The van der Waals surface area contributed by atoms with Crippen LogP contribution >= 0.6 is 0 Å². The lowest BCUT2D eigenvalue weighted by atomic mass is 10.1. The zero-order chi connectivity index (χ0) is 12.7. The maximum Gasteiger partial charge on any atom is 0.321 e. The van der Waals surface area contributed by atoms with Crippen molar-refractivity contribution >= 4 is 5.97 Å². The molecule has 0 aliphatic carbocycles. The summed E-state index contributed by atoms with van der Waals surface area (Å²) in [6, 6.07) is 6.79. The van der Waals surface area contributed by atoms with Crippen LogP contribution in [0.25, 0.3) is 0 Å². The van der Waals surface area contributed by atoms with Crippen LogP contribution in [-0.4, -0.2) is 37.3 Å². The van der Waals surface area contributed by atoms with E-state index in [1.54, 1.807) is 7.05 Å². The molecule has 1 atom stereocenters. The minimum atomic E-state index is -0.851. The Bertz CT molecular complexity index is 351. The van der Waals surface area contributed by atoms with Gasteiger partial charge in [-0.15, -0.1) is 0 Å². The zero-order valence-corrected chi connectivity index (χ0v) is 9.85. The molecular formula is C12H18N2O3. The van der Waals surface area contributed by atoms with E-state index in [-0.39, 0.29) is 0 Å². The van der Waals surface area contributed by atoms with E-state index in [2.05, 4.69) is 5.32 Å². The first-order valence-electron chi connectivity index (χ1n) is 5.49.